The van der Waals surface area contributed by atoms with Gasteiger partial charge >= 0.3 is 0 Å². The maximum Gasteiger partial charge on any atom is 0.151 e. The fourth-order valence-electron chi connectivity index (χ4n) is 2.48. The number of ether oxygens (including phenoxy) is 1. The summed E-state index contributed by atoms with van der Waals surface area (Å²) in [5.74, 6) is 1.42. The van der Waals surface area contributed by atoms with Gasteiger partial charge in [-0.2, -0.15) is 0 Å². The minimum atomic E-state index is -2.83. The molecule has 0 amide bonds. The van der Waals surface area contributed by atoms with E-state index in [1.54, 1.807) is 0 Å². The third kappa shape index (κ3) is 4.21. The van der Waals surface area contributed by atoms with Crippen molar-refractivity contribution in [3.63, 3.8) is 0 Å². The Morgan fingerprint density at radius 2 is 1.85 bits per heavy atom. The highest BCUT2D eigenvalue weighted by atomic mass is 32.2. The molecule has 0 aliphatic carbocycles. The highest BCUT2D eigenvalue weighted by Crippen LogP contribution is 2.21. The van der Waals surface area contributed by atoms with Gasteiger partial charge in [-0.25, -0.2) is 8.42 Å². The Morgan fingerprint density at radius 1 is 1.20 bits per heavy atom. The van der Waals surface area contributed by atoms with Gasteiger partial charge in [0.25, 0.3) is 0 Å². The molecule has 1 aliphatic rings. The Bertz CT molecular complexity index is 537. The highest BCUT2D eigenvalue weighted by Gasteiger charge is 2.28. The Balaban J connectivity index is 1.94. The molecular formula is C15H23NO3S. The lowest BCUT2D eigenvalue weighted by Gasteiger charge is -2.19. The van der Waals surface area contributed by atoms with Gasteiger partial charge in [0.15, 0.2) is 9.84 Å². The minimum Gasteiger partial charge on any atom is -0.491 e. The first-order valence-electron chi connectivity index (χ1n) is 7.09. The van der Waals surface area contributed by atoms with Crippen LogP contribution in [0.4, 0.5) is 0 Å². The maximum atomic E-state index is 11.4. The van der Waals surface area contributed by atoms with Crippen molar-refractivity contribution in [3.8, 4) is 5.75 Å². The van der Waals surface area contributed by atoms with Crippen LogP contribution >= 0.6 is 0 Å². The first kappa shape index (κ1) is 15.3. The van der Waals surface area contributed by atoms with Gasteiger partial charge < -0.3 is 10.1 Å². The molecule has 1 saturated heterocycles. The molecule has 4 nitrogen and oxygen atoms in total. The molecular weight excluding hydrogens is 274 g/mol. The van der Waals surface area contributed by atoms with E-state index in [9.17, 15) is 8.42 Å². The molecule has 0 radical (unpaired) electrons. The summed E-state index contributed by atoms with van der Waals surface area (Å²) in [4.78, 5) is 0. The zero-order chi connectivity index (χ0) is 14.8. The molecule has 0 saturated carbocycles. The van der Waals surface area contributed by atoms with Crippen LogP contribution in [0.3, 0.4) is 0 Å². The fraction of sp³-hybridized carbons (Fsp3) is 0.600. The van der Waals surface area contributed by atoms with Crippen molar-refractivity contribution in [1.82, 2.24) is 5.32 Å². The van der Waals surface area contributed by atoms with Crippen LogP contribution < -0.4 is 10.1 Å². The molecule has 0 bridgehead atoms. The second-order valence-corrected chi connectivity index (χ2v) is 7.95. The van der Waals surface area contributed by atoms with Crippen molar-refractivity contribution in [2.45, 2.75) is 45.4 Å². The minimum absolute atomic E-state index is 0.0709. The van der Waals surface area contributed by atoms with E-state index < -0.39 is 9.84 Å². The van der Waals surface area contributed by atoms with Crippen LogP contribution in [0.5, 0.6) is 5.75 Å². The summed E-state index contributed by atoms with van der Waals surface area (Å²) in [7, 11) is -2.83. The van der Waals surface area contributed by atoms with E-state index in [0.29, 0.717) is 12.2 Å². The van der Waals surface area contributed by atoms with Gasteiger partial charge in [0.2, 0.25) is 0 Å². The topological polar surface area (TPSA) is 55.4 Å². The van der Waals surface area contributed by atoms with E-state index in [1.807, 2.05) is 38.1 Å². The van der Waals surface area contributed by atoms with Crippen LogP contribution in [0.25, 0.3) is 0 Å². The van der Waals surface area contributed by atoms with E-state index in [4.69, 9.17) is 4.74 Å². The van der Waals surface area contributed by atoms with E-state index in [0.717, 1.165) is 11.3 Å². The van der Waals surface area contributed by atoms with Crippen LogP contribution in [-0.2, 0) is 9.84 Å². The van der Waals surface area contributed by atoms with Crippen LogP contribution in [-0.4, -0.2) is 32.1 Å². The molecule has 0 aromatic heterocycles. The first-order chi connectivity index (χ1) is 9.35. The number of nitrogens with one attached hydrogen (secondary N) is 1. The van der Waals surface area contributed by atoms with Crippen molar-refractivity contribution < 1.29 is 13.2 Å². The molecule has 1 aromatic rings. The number of hydrogen-bond donors (Lipinski definition) is 1. The maximum absolute atomic E-state index is 11.4. The zero-order valence-corrected chi connectivity index (χ0v) is 13.1. The van der Waals surface area contributed by atoms with Gasteiger partial charge in [-0.3, -0.25) is 0 Å². The van der Waals surface area contributed by atoms with E-state index in [2.05, 4.69) is 12.2 Å². The smallest absolute Gasteiger partial charge is 0.151 e. The number of benzene rings is 1. The fourth-order valence-corrected chi connectivity index (χ4v) is 4.17. The molecule has 0 spiro atoms. The predicted molar refractivity (Wildman–Crippen MR) is 80.8 cm³/mol. The third-order valence-electron chi connectivity index (χ3n) is 3.47. The van der Waals surface area contributed by atoms with Gasteiger partial charge in [0.1, 0.15) is 5.75 Å². The lowest BCUT2D eigenvalue weighted by molar-refractivity contribution is 0.242. The monoisotopic (exact) mass is 297 g/mol. The highest BCUT2D eigenvalue weighted by molar-refractivity contribution is 7.91. The van der Waals surface area contributed by atoms with Gasteiger partial charge in [0.05, 0.1) is 17.6 Å². The molecule has 1 heterocycles. The second kappa shape index (κ2) is 6.14. The van der Waals surface area contributed by atoms with Crippen LogP contribution in [0, 0.1) is 0 Å². The van der Waals surface area contributed by atoms with E-state index >= 15 is 0 Å². The zero-order valence-electron chi connectivity index (χ0n) is 12.3. The molecule has 1 aromatic carbocycles. The van der Waals surface area contributed by atoms with Crippen LogP contribution in [0.15, 0.2) is 24.3 Å². The molecule has 2 atom stereocenters. The number of hydrogen-bond acceptors (Lipinski definition) is 4. The van der Waals surface area contributed by atoms with Gasteiger partial charge in [-0.05, 0) is 44.9 Å². The van der Waals surface area contributed by atoms with Gasteiger partial charge in [-0.1, -0.05) is 12.1 Å². The molecule has 5 heteroatoms. The quantitative estimate of drug-likeness (QED) is 0.906. The summed E-state index contributed by atoms with van der Waals surface area (Å²) in [5, 5.41) is 3.39. The molecule has 1 aliphatic heterocycles. The Kier molecular flexibility index (Phi) is 4.70. The number of rotatable bonds is 5. The van der Waals surface area contributed by atoms with Gasteiger partial charge in [0, 0.05) is 12.1 Å². The molecule has 20 heavy (non-hydrogen) atoms. The summed E-state index contributed by atoms with van der Waals surface area (Å²) in [5.41, 5.74) is 1.14. The van der Waals surface area contributed by atoms with Gasteiger partial charge in [-0.15, -0.1) is 0 Å². The molecule has 2 unspecified atom stereocenters. The first-order valence-corrected chi connectivity index (χ1v) is 8.91. The third-order valence-corrected chi connectivity index (χ3v) is 5.24. The summed E-state index contributed by atoms with van der Waals surface area (Å²) in [6, 6.07) is 8.18. The second-order valence-electron chi connectivity index (χ2n) is 5.72. The van der Waals surface area contributed by atoms with E-state index in [-0.39, 0.29) is 23.9 Å². The predicted octanol–water partition coefficient (Wildman–Crippen LogP) is 2.31. The summed E-state index contributed by atoms with van der Waals surface area (Å²) >= 11 is 0. The summed E-state index contributed by atoms with van der Waals surface area (Å²) < 4.78 is 28.5. The normalized spacial score (nSPS) is 22.9. The Morgan fingerprint density at radius 3 is 2.35 bits per heavy atom. The van der Waals surface area contributed by atoms with Crippen LogP contribution in [0.2, 0.25) is 0 Å². The van der Waals surface area contributed by atoms with Crippen molar-refractivity contribution >= 4 is 9.84 Å². The Labute approximate surface area is 121 Å². The average Bonchev–Trinajstić information content (AvgIpc) is 2.68. The van der Waals surface area contributed by atoms with Crippen LogP contribution in [0.1, 0.15) is 38.8 Å². The lowest BCUT2D eigenvalue weighted by Crippen LogP contribution is -2.32. The van der Waals surface area contributed by atoms with Crippen molar-refractivity contribution in [3.05, 3.63) is 29.8 Å². The standard InChI is InChI=1S/C15H23NO3S/c1-11(2)19-15-6-4-13(5-7-15)12(3)16-14-8-9-20(17,18)10-14/h4-7,11-12,14,16H,8-10H2,1-3H3. The van der Waals surface area contributed by atoms with Crippen molar-refractivity contribution in [2.75, 3.05) is 11.5 Å². The molecule has 112 valence electrons. The van der Waals surface area contributed by atoms with E-state index in [1.165, 1.54) is 0 Å². The number of sulfone groups is 1. The molecule has 1 N–H and O–H groups in total. The van der Waals surface area contributed by atoms with Crippen molar-refractivity contribution in [1.29, 1.82) is 0 Å². The summed E-state index contributed by atoms with van der Waals surface area (Å²) in [6.07, 6.45) is 0.876. The lowest BCUT2D eigenvalue weighted by atomic mass is 10.1. The largest absolute Gasteiger partial charge is 0.491 e. The van der Waals surface area contributed by atoms with Crippen molar-refractivity contribution in [2.24, 2.45) is 0 Å². The molecule has 2 rings (SSSR count). The summed E-state index contributed by atoms with van der Waals surface area (Å²) in [6.45, 7) is 6.06. The SMILES string of the molecule is CC(C)Oc1ccc(C(C)NC2CCS(=O)(=O)C2)cc1. The molecule has 1 fully saturated rings. The Hall–Kier alpha value is -1.07. The average molecular weight is 297 g/mol.